The van der Waals surface area contributed by atoms with Crippen LogP contribution in [0.3, 0.4) is 0 Å². The van der Waals surface area contributed by atoms with Crippen molar-refractivity contribution in [1.29, 1.82) is 0 Å². The number of benzene rings is 1. The Balaban J connectivity index is 1.81. The summed E-state index contributed by atoms with van der Waals surface area (Å²) in [6.45, 7) is 0. The van der Waals surface area contributed by atoms with E-state index in [0.29, 0.717) is 28.5 Å². The highest BCUT2D eigenvalue weighted by atomic mass is 16.5. The lowest BCUT2D eigenvalue weighted by Gasteiger charge is -2.08. The SMILES string of the molecule is Nc1ccc(Oc2ccc3nnnn3n2)c2ncccc12. The van der Waals surface area contributed by atoms with Crippen molar-refractivity contribution in [2.75, 3.05) is 5.73 Å². The van der Waals surface area contributed by atoms with Gasteiger partial charge in [0.1, 0.15) is 5.52 Å². The molecule has 0 bridgehead atoms. The number of hydrogen-bond donors (Lipinski definition) is 1. The van der Waals surface area contributed by atoms with Gasteiger partial charge >= 0.3 is 0 Å². The first-order chi connectivity index (χ1) is 10.3. The Kier molecular flexibility index (Phi) is 2.40. The molecule has 8 nitrogen and oxygen atoms in total. The van der Waals surface area contributed by atoms with Crippen LogP contribution in [0.15, 0.2) is 42.6 Å². The van der Waals surface area contributed by atoms with Gasteiger partial charge in [-0.25, -0.2) is 0 Å². The van der Waals surface area contributed by atoms with Crippen LogP contribution in [-0.4, -0.2) is 30.2 Å². The summed E-state index contributed by atoms with van der Waals surface area (Å²) in [5.41, 5.74) is 7.81. The third-order valence-electron chi connectivity index (χ3n) is 3.03. The standard InChI is InChI=1S/C13H9N7O/c14-9-3-4-10(13-8(9)2-1-7-15-13)21-12-6-5-11-16-18-19-20(11)17-12/h1-7H,14H2. The number of rotatable bonds is 2. The van der Waals surface area contributed by atoms with E-state index in [2.05, 4.69) is 25.6 Å². The van der Waals surface area contributed by atoms with Crippen LogP contribution in [0.2, 0.25) is 0 Å². The monoisotopic (exact) mass is 279 g/mol. The maximum Gasteiger partial charge on any atom is 0.239 e. The molecule has 8 heteroatoms. The molecule has 21 heavy (non-hydrogen) atoms. The predicted molar refractivity (Wildman–Crippen MR) is 74.8 cm³/mol. The van der Waals surface area contributed by atoms with Gasteiger partial charge in [0.25, 0.3) is 0 Å². The van der Waals surface area contributed by atoms with Crippen molar-refractivity contribution in [3.05, 3.63) is 42.6 Å². The molecule has 0 saturated heterocycles. The Morgan fingerprint density at radius 2 is 2.05 bits per heavy atom. The van der Waals surface area contributed by atoms with Crippen LogP contribution in [0.5, 0.6) is 11.6 Å². The van der Waals surface area contributed by atoms with Gasteiger partial charge in [-0.05, 0) is 40.8 Å². The van der Waals surface area contributed by atoms with E-state index in [1.807, 2.05) is 12.1 Å². The van der Waals surface area contributed by atoms with E-state index < -0.39 is 0 Å². The van der Waals surface area contributed by atoms with Gasteiger partial charge in [0.2, 0.25) is 5.88 Å². The number of nitrogens with zero attached hydrogens (tertiary/aromatic N) is 6. The molecule has 102 valence electrons. The average molecular weight is 279 g/mol. The molecule has 0 unspecified atom stereocenters. The lowest BCUT2D eigenvalue weighted by molar-refractivity contribution is 0.451. The molecular weight excluding hydrogens is 270 g/mol. The largest absolute Gasteiger partial charge is 0.435 e. The second-order valence-corrected chi connectivity index (χ2v) is 4.35. The Hall–Kier alpha value is -3.29. The summed E-state index contributed by atoms with van der Waals surface area (Å²) in [6, 6.07) is 10.7. The fourth-order valence-corrected chi connectivity index (χ4v) is 2.05. The molecule has 0 aliphatic rings. The summed E-state index contributed by atoms with van der Waals surface area (Å²) in [7, 11) is 0. The number of pyridine rings is 1. The molecule has 0 amide bonds. The van der Waals surface area contributed by atoms with Crippen molar-refractivity contribution in [2.24, 2.45) is 0 Å². The summed E-state index contributed by atoms with van der Waals surface area (Å²) >= 11 is 0. The number of nitrogens with two attached hydrogens (primary N) is 1. The fraction of sp³-hybridized carbons (Fsp3) is 0. The van der Waals surface area contributed by atoms with Gasteiger partial charge in [-0.2, -0.15) is 0 Å². The normalized spacial score (nSPS) is 11.0. The van der Waals surface area contributed by atoms with E-state index in [9.17, 15) is 0 Å². The summed E-state index contributed by atoms with van der Waals surface area (Å²) in [5, 5.41) is 16.0. The minimum atomic E-state index is 0.367. The van der Waals surface area contributed by atoms with Crippen molar-refractivity contribution in [3.63, 3.8) is 0 Å². The minimum absolute atomic E-state index is 0.367. The molecule has 0 aliphatic heterocycles. The maximum absolute atomic E-state index is 5.94. The molecular formula is C13H9N7O. The molecule has 0 radical (unpaired) electrons. The first kappa shape index (κ1) is 11.5. The predicted octanol–water partition coefficient (Wildman–Crippen LogP) is 1.44. The van der Waals surface area contributed by atoms with Crippen molar-refractivity contribution in [2.45, 2.75) is 0 Å². The number of nitrogen functional groups attached to an aromatic ring is 1. The average Bonchev–Trinajstić information content (AvgIpc) is 2.98. The number of anilines is 1. The molecule has 0 aliphatic carbocycles. The van der Waals surface area contributed by atoms with Gasteiger partial charge in [0, 0.05) is 23.3 Å². The van der Waals surface area contributed by atoms with Crippen LogP contribution in [-0.2, 0) is 0 Å². The number of ether oxygens (including phenoxy) is 1. The lowest BCUT2D eigenvalue weighted by Crippen LogP contribution is -1.98. The van der Waals surface area contributed by atoms with E-state index in [4.69, 9.17) is 10.5 Å². The second-order valence-electron chi connectivity index (χ2n) is 4.35. The van der Waals surface area contributed by atoms with E-state index in [0.717, 1.165) is 5.39 Å². The summed E-state index contributed by atoms with van der Waals surface area (Å²) in [6.07, 6.45) is 1.69. The molecule has 3 aromatic heterocycles. The summed E-state index contributed by atoms with van der Waals surface area (Å²) in [4.78, 5) is 4.31. The highest BCUT2D eigenvalue weighted by molar-refractivity contribution is 5.94. The zero-order valence-corrected chi connectivity index (χ0v) is 10.7. The number of tetrazole rings is 1. The third-order valence-corrected chi connectivity index (χ3v) is 3.03. The zero-order chi connectivity index (χ0) is 14.2. The first-order valence-corrected chi connectivity index (χ1v) is 6.18. The van der Waals surface area contributed by atoms with Crippen molar-refractivity contribution >= 4 is 22.2 Å². The number of aromatic nitrogens is 6. The quantitative estimate of drug-likeness (QED) is 0.553. The highest BCUT2D eigenvalue weighted by Crippen LogP contribution is 2.30. The van der Waals surface area contributed by atoms with Crippen LogP contribution in [0, 0.1) is 0 Å². The van der Waals surface area contributed by atoms with E-state index in [-0.39, 0.29) is 0 Å². The molecule has 0 spiro atoms. The second kappa shape index (κ2) is 4.37. The first-order valence-electron chi connectivity index (χ1n) is 6.18. The zero-order valence-electron chi connectivity index (χ0n) is 10.7. The molecule has 4 rings (SSSR count). The summed E-state index contributed by atoms with van der Waals surface area (Å²) in [5.74, 6) is 0.936. The smallest absolute Gasteiger partial charge is 0.239 e. The Labute approximate surface area is 118 Å². The van der Waals surface area contributed by atoms with E-state index >= 15 is 0 Å². The summed E-state index contributed by atoms with van der Waals surface area (Å²) < 4.78 is 7.07. The van der Waals surface area contributed by atoms with Crippen molar-refractivity contribution in [1.82, 2.24) is 30.2 Å². The van der Waals surface area contributed by atoms with Crippen LogP contribution in [0.1, 0.15) is 0 Å². The van der Waals surface area contributed by atoms with Crippen molar-refractivity contribution in [3.8, 4) is 11.6 Å². The van der Waals surface area contributed by atoms with Crippen LogP contribution in [0.4, 0.5) is 5.69 Å². The van der Waals surface area contributed by atoms with Gasteiger partial charge in [-0.3, -0.25) is 4.98 Å². The van der Waals surface area contributed by atoms with Crippen molar-refractivity contribution < 1.29 is 4.74 Å². The molecule has 2 N–H and O–H groups in total. The van der Waals surface area contributed by atoms with Crippen LogP contribution >= 0.6 is 0 Å². The molecule has 4 aromatic rings. The van der Waals surface area contributed by atoms with Crippen LogP contribution in [0.25, 0.3) is 16.6 Å². The lowest BCUT2D eigenvalue weighted by atomic mass is 10.2. The van der Waals surface area contributed by atoms with Gasteiger partial charge in [-0.15, -0.1) is 14.8 Å². The van der Waals surface area contributed by atoms with Crippen LogP contribution < -0.4 is 10.5 Å². The maximum atomic E-state index is 5.94. The Bertz CT molecular complexity index is 949. The van der Waals surface area contributed by atoms with E-state index in [1.165, 1.54) is 4.63 Å². The van der Waals surface area contributed by atoms with Gasteiger partial charge in [0.15, 0.2) is 11.4 Å². The van der Waals surface area contributed by atoms with Gasteiger partial charge in [0.05, 0.1) is 0 Å². The Morgan fingerprint density at radius 3 is 3.00 bits per heavy atom. The molecule has 3 heterocycles. The fourth-order valence-electron chi connectivity index (χ4n) is 2.05. The molecule has 0 saturated carbocycles. The highest BCUT2D eigenvalue weighted by Gasteiger charge is 2.09. The Morgan fingerprint density at radius 1 is 1.10 bits per heavy atom. The molecule has 0 atom stereocenters. The molecule has 1 aromatic carbocycles. The van der Waals surface area contributed by atoms with Gasteiger partial charge in [-0.1, -0.05) is 0 Å². The van der Waals surface area contributed by atoms with E-state index in [1.54, 1.807) is 30.5 Å². The topological polar surface area (TPSA) is 104 Å². The minimum Gasteiger partial charge on any atom is -0.435 e. The van der Waals surface area contributed by atoms with Gasteiger partial charge < -0.3 is 10.5 Å². The molecule has 0 fully saturated rings. The number of fused-ring (bicyclic) bond motifs is 2. The number of hydrogen-bond acceptors (Lipinski definition) is 7. The third kappa shape index (κ3) is 1.89.